The predicted octanol–water partition coefficient (Wildman–Crippen LogP) is 2.99. The van der Waals surface area contributed by atoms with E-state index in [9.17, 15) is 9.59 Å². The number of anilines is 1. The van der Waals surface area contributed by atoms with E-state index < -0.39 is 5.41 Å². The second kappa shape index (κ2) is 3.93. The molecule has 1 aromatic rings. The molecular formula is C16H14INO2. The number of carbonyl (C=O) groups is 2. The highest BCUT2D eigenvalue weighted by molar-refractivity contribution is 14.1. The maximum Gasteiger partial charge on any atom is 0.241 e. The first-order valence-corrected chi connectivity index (χ1v) is 7.93. The number of benzene rings is 1. The topological polar surface area (TPSA) is 37.4 Å². The highest BCUT2D eigenvalue weighted by atomic mass is 127. The number of rotatable bonds is 1. The van der Waals surface area contributed by atoms with Gasteiger partial charge in [-0.15, -0.1) is 0 Å². The van der Waals surface area contributed by atoms with Crippen LogP contribution in [-0.2, 0) is 9.59 Å². The minimum absolute atomic E-state index is 0.0180. The van der Waals surface area contributed by atoms with Crippen LogP contribution in [-0.4, -0.2) is 11.8 Å². The number of fused-ring (bicyclic) bond motifs is 5. The lowest BCUT2D eigenvalue weighted by Crippen LogP contribution is -2.37. The van der Waals surface area contributed by atoms with E-state index in [0.717, 1.165) is 9.99 Å². The van der Waals surface area contributed by atoms with Gasteiger partial charge in [0.1, 0.15) is 0 Å². The minimum Gasteiger partial charge on any atom is -0.274 e. The minimum atomic E-state index is -0.528. The number of hydrogen-bond donors (Lipinski definition) is 0. The van der Waals surface area contributed by atoms with Gasteiger partial charge in [0.2, 0.25) is 11.8 Å². The molecule has 4 atom stereocenters. The molecule has 0 aromatic heterocycles. The third-order valence-electron chi connectivity index (χ3n) is 5.20. The number of halogens is 1. The fourth-order valence-corrected chi connectivity index (χ4v) is 4.50. The Morgan fingerprint density at radius 3 is 2.55 bits per heavy atom. The first-order valence-electron chi connectivity index (χ1n) is 6.86. The van der Waals surface area contributed by atoms with E-state index in [1.165, 1.54) is 4.90 Å². The zero-order valence-corrected chi connectivity index (χ0v) is 13.2. The Morgan fingerprint density at radius 1 is 1.20 bits per heavy atom. The summed E-state index contributed by atoms with van der Waals surface area (Å²) >= 11 is 2.22. The van der Waals surface area contributed by atoms with Crippen molar-refractivity contribution in [3.63, 3.8) is 0 Å². The number of hydrogen-bond acceptors (Lipinski definition) is 2. The van der Waals surface area contributed by atoms with Crippen LogP contribution in [0.1, 0.15) is 13.3 Å². The molecule has 102 valence electrons. The maximum absolute atomic E-state index is 12.9. The summed E-state index contributed by atoms with van der Waals surface area (Å²) < 4.78 is 1.10. The molecule has 1 saturated heterocycles. The number of carbonyl (C=O) groups excluding carboxylic acids is 2. The van der Waals surface area contributed by atoms with Crippen molar-refractivity contribution in [2.75, 3.05) is 4.90 Å². The summed E-state index contributed by atoms with van der Waals surface area (Å²) in [6, 6.07) is 7.58. The van der Waals surface area contributed by atoms with Crippen molar-refractivity contribution >= 4 is 40.1 Å². The van der Waals surface area contributed by atoms with Crippen LogP contribution < -0.4 is 4.90 Å². The zero-order chi connectivity index (χ0) is 14.1. The molecule has 3 nitrogen and oxygen atoms in total. The molecule has 4 heteroatoms. The molecule has 0 spiro atoms. The lowest BCUT2D eigenvalue weighted by Gasteiger charge is -2.28. The first kappa shape index (κ1) is 12.6. The van der Waals surface area contributed by atoms with Gasteiger partial charge in [-0.3, -0.25) is 9.59 Å². The summed E-state index contributed by atoms with van der Waals surface area (Å²) in [4.78, 5) is 27.0. The summed E-state index contributed by atoms with van der Waals surface area (Å²) in [5.41, 5.74) is 0.176. The summed E-state index contributed by atoms with van der Waals surface area (Å²) in [5, 5.41) is 0. The molecule has 1 aliphatic heterocycles. The third kappa shape index (κ3) is 1.35. The van der Waals surface area contributed by atoms with E-state index in [1.54, 1.807) is 0 Å². The Morgan fingerprint density at radius 2 is 1.90 bits per heavy atom. The van der Waals surface area contributed by atoms with Crippen LogP contribution in [0.25, 0.3) is 0 Å². The average Bonchev–Trinajstić information content (AvgIpc) is 3.05. The Balaban J connectivity index is 1.80. The molecular weight excluding hydrogens is 365 g/mol. The quantitative estimate of drug-likeness (QED) is 0.428. The summed E-state index contributed by atoms with van der Waals surface area (Å²) in [5.74, 6) is 0.267. The highest BCUT2D eigenvalue weighted by Crippen LogP contribution is 2.60. The normalized spacial score (nSPS) is 37.9. The first-order chi connectivity index (χ1) is 9.53. The van der Waals surface area contributed by atoms with Crippen molar-refractivity contribution in [2.45, 2.75) is 13.3 Å². The molecule has 1 heterocycles. The van der Waals surface area contributed by atoms with E-state index >= 15 is 0 Å². The summed E-state index contributed by atoms with van der Waals surface area (Å²) in [6.45, 7) is 1.97. The molecule has 0 radical (unpaired) electrons. The van der Waals surface area contributed by atoms with Crippen LogP contribution in [0.15, 0.2) is 36.4 Å². The fourth-order valence-electron chi connectivity index (χ4n) is 4.14. The van der Waals surface area contributed by atoms with Gasteiger partial charge in [-0.1, -0.05) is 12.2 Å². The van der Waals surface area contributed by atoms with Crippen molar-refractivity contribution in [2.24, 2.45) is 23.2 Å². The van der Waals surface area contributed by atoms with Crippen LogP contribution in [0.3, 0.4) is 0 Å². The van der Waals surface area contributed by atoms with Gasteiger partial charge in [0, 0.05) is 3.57 Å². The van der Waals surface area contributed by atoms with E-state index in [-0.39, 0.29) is 29.6 Å². The monoisotopic (exact) mass is 379 g/mol. The van der Waals surface area contributed by atoms with E-state index in [0.29, 0.717) is 5.69 Å². The Labute approximate surface area is 131 Å². The molecule has 2 aliphatic carbocycles. The number of nitrogens with zero attached hydrogens (tertiary/aromatic N) is 1. The Bertz CT molecular complexity index is 651. The van der Waals surface area contributed by atoms with Crippen LogP contribution >= 0.6 is 22.6 Å². The Kier molecular flexibility index (Phi) is 2.47. The summed E-state index contributed by atoms with van der Waals surface area (Å²) in [6.07, 6.45) is 5.21. The van der Waals surface area contributed by atoms with Gasteiger partial charge in [0.15, 0.2) is 0 Å². The van der Waals surface area contributed by atoms with Crippen molar-refractivity contribution in [3.8, 4) is 0 Å². The molecule has 0 N–H and O–H groups in total. The van der Waals surface area contributed by atoms with E-state index in [4.69, 9.17) is 0 Å². The van der Waals surface area contributed by atoms with E-state index in [2.05, 4.69) is 34.7 Å². The van der Waals surface area contributed by atoms with Gasteiger partial charge in [-0.2, -0.15) is 0 Å². The van der Waals surface area contributed by atoms with Crippen molar-refractivity contribution in [1.29, 1.82) is 0 Å². The summed E-state index contributed by atoms with van der Waals surface area (Å²) in [7, 11) is 0. The van der Waals surface area contributed by atoms with Crippen LogP contribution in [0.4, 0.5) is 5.69 Å². The number of allylic oxidation sites excluding steroid dienone is 2. The molecule has 1 saturated carbocycles. The zero-order valence-electron chi connectivity index (χ0n) is 11.0. The molecule has 4 unspecified atom stereocenters. The van der Waals surface area contributed by atoms with Crippen molar-refractivity contribution in [3.05, 3.63) is 40.0 Å². The maximum atomic E-state index is 12.9. The molecule has 2 amide bonds. The standard InChI is InChI=1S/C16H14INO2/c1-16-10-3-2-9(8-10)13(16)14(19)18(15(16)20)12-6-4-11(17)5-7-12/h2-7,9-10,13H,8H2,1H3. The van der Waals surface area contributed by atoms with Crippen LogP contribution in [0.2, 0.25) is 0 Å². The van der Waals surface area contributed by atoms with Gasteiger partial charge in [0.05, 0.1) is 17.0 Å². The lowest BCUT2D eigenvalue weighted by molar-refractivity contribution is -0.127. The number of amides is 2. The fraction of sp³-hybridized carbons (Fsp3) is 0.375. The van der Waals surface area contributed by atoms with Crippen LogP contribution in [0, 0.1) is 26.7 Å². The Hall–Kier alpha value is -1.17. The molecule has 2 fully saturated rings. The molecule has 3 aliphatic rings. The van der Waals surface area contributed by atoms with Crippen LogP contribution in [0.5, 0.6) is 0 Å². The number of imide groups is 1. The SMILES string of the molecule is CC12C(=O)N(c3ccc(I)cc3)C(=O)C1C1C=CC2C1. The third-order valence-corrected chi connectivity index (χ3v) is 5.92. The second-order valence-corrected chi connectivity index (χ2v) is 7.35. The van der Waals surface area contributed by atoms with Crippen molar-refractivity contribution < 1.29 is 9.59 Å². The van der Waals surface area contributed by atoms with Gasteiger partial charge in [-0.25, -0.2) is 4.90 Å². The molecule has 4 rings (SSSR count). The average molecular weight is 379 g/mol. The second-order valence-electron chi connectivity index (χ2n) is 6.11. The largest absolute Gasteiger partial charge is 0.274 e. The van der Waals surface area contributed by atoms with Crippen molar-refractivity contribution in [1.82, 2.24) is 0 Å². The van der Waals surface area contributed by atoms with Gasteiger partial charge in [-0.05, 0) is 72.0 Å². The molecule has 20 heavy (non-hydrogen) atoms. The molecule has 2 bridgehead atoms. The van der Waals surface area contributed by atoms with Gasteiger partial charge >= 0.3 is 0 Å². The van der Waals surface area contributed by atoms with Gasteiger partial charge < -0.3 is 0 Å². The highest BCUT2D eigenvalue weighted by Gasteiger charge is 2.67. The smallest absolute Gasteiger partial charge is 0.241 e. The van der Waals surface area contributed by atoms with Gasteiger partial charge in [0.25, 0.3) is 0 Å². The van der Waals surface area contributed by atoms with E-state index in [1.807, 2.05) is 31.2 Å². The predicted molar refractivity (Wildman–Crippen MR) is 84.0 cm³/mol. The molecule has 1 aromatic carbocycles. The lowest BCUT2D eigenvalue weighted by atomic mass is 9.71.